The Hall–Kier alpha value is -1.58. The van der Waals surface area contributed by atoms with Crippen LogP contribution in [0.2, 0.25) is 0 Å². The highest BCUT2D eigenvalue weighted by Crippen LogP contribution is 2.34. The molecule has 0 aliphatic heterocycles. The molecule has 0 bridgehead atoms. The molecule has 0 saturated heterocycles. The first kappa shape index (κ1) is 12.9. The standard InChI is InChI=1S/C14H18FNO2/c1-2-11(7-9-3-4-9)16-14(18)12-8-10(15)5-6-13(12)17/h5-6,8-9,11,17H,2-4,7H2,1H3,(H,16,18). The van der Waals surface area contributed by atoms with Gasteiger partial charge in [0, 0.05) is 6.04 Å². The lowest BCUT2D eigenvalue weighted by molar-refractivity contribution is 0.0929. The molecule has 0 spiro atoms. The lowest BCUT2D eigenvalue weighted by atomic mass is 10.1. The van der Waals surface area contributed by atoms with Gasteiger partial charge in [-0.3, -0.25) is 4.79 Å². The zero-order valence-corrected chi connectivity index (χ0v) is 10.4. The summed E-state index contributed by atoms with van der Waals surface area (Å²) in [6.07, 6.45) is 4.28. The fourth-order valence-corrected chi connectivity index (χ4v) is 2.04. The fraction of sp³-hybridized carbons (Fsp3) is 0.500. The molecule has 0 heterocycles. The Balaban J connectivity index is 2.02. The number of benzene rings is 1. The van der Waals surface area contributed by atoms with Crippen LogP contribution in [0.15, 0.2) is 18.2 Å². The number of hydrogen-bond donors (Lipinski definition) is 2. The predicted molar refractivity (Wildman–Crippen MR) is 67.0 cm³/mol. The summed E-state index contributed by atoms with van der Waals surface area (Å²) in [4.78, 5) is 12.0. The lowest BCUT2D eigenvalue weighted by Gasteiger charge is -2.17. The van der Waals surface area contributed by atoms with Gasteiger partial charge in [0.25, 0.3) is 5.91 Å². The topological polar surface area (TPSA) is 49.3 Å². The van der Waals surface area contributed by atoms with Crippen molar-refractivity contribution >= 4 is 5.91 Å². The maximum absolute atomic E-state index is 13.1. The largest absolute Gasteiger partial charge is 0.507 e. The quantitative estimate of drug-likeness (QED) is 0.845. The Morgan fingerprint density at radius 1 is 1.56 bits per heavy atom. The Morgan fingerprint density at radius 3 is 2.89 bits per heavy atom. The maximum Gasteiger partial charge on any atom is 0.255 e. The van der Waals surface area contributed by atoms with Gasteiger partial charge in [-0.15, -0.1) is 0 Å². The summed E-state index contributed by atoms with van der Waals surface area (Å²) >= 11 is 0. The molecule has 4 heteroatoms. The van der Waals surface area contributed by atoms with E-state index >= 15 is 0 Å². The van der Waals surface area contributed by atoms with E-state index in [2.05, 4.69) is 5.32 Å². The van der Waals surface area contributed by atoms with Gasteiger partial charge in [-0.05, 0) is 37.0 Å². The summed E-state index contributed by atoms with van der Waals surface area (Å²) < 4.78 is 13.1. The molecule has 1 atom stereocenters. The van der Waals surface area contributed by atoms with Gasteiger partial charge in [0.15, 0.2) is 0 Å². The lowest BCUT2D eigenvalue weighted by Crippen LogP contribution is -2.34. The van der Waals surface area contributed by atoms with E-state index < -0.39 is 11.7 Å². The summed E-state index contributed by atoms with van der Waals surface area (Å²) in [5.74, 6) is -0.390. The molecule has 1 aromatic rings. The van der Waals surface area contributed by atoms with Crippen LogP contribution in [0.3, 0.4) is 0 Å². The summed E-state index contributed by atoms with van der Waals surface area (Å²) in [6.45, 7) is 2.01. The number of halogens is 1. The third kappa shape index (κ3) is 3.22. The van der Waals surface area contributed by atoms with Gasteiger partial charge >= 0.3 is 0 Å². The third-order valence-electron chi connectivity index (χ3n) is 3.35. The molecule has 0 aromatic heterocycles. The van der Waals surface area contributed by atoms with Crippen LogP contribution in [-0.2, 0) is 0 Å². The van der Waals surface area contributed by atoms with Gasteiger partial charge in [-0.25, -0.2) is 4.39 Å². The van der Waals surface area contributed by atoms with Crippen LogP contribution in [0.5, 0.6) is 5.75 Å². The zero-order valence-electron chi connectivity index (χ0n) is 10.4. The second-order valence-corrected chi connectivity index (χ2v) is 4.92. The highest BCUT2D eigenvalue weighted by Gasteiger charge is 2.26. The Labute approximate surface area is 106 Å². The molecule has 2 N–H and O–H groups in total. The number of amides is 1. The minimum absolute atomic E-state index is 0.00393. The van der Waals surface area contributed by atoms with E-state index in [9.17, 15) is 14.3 Å². The van der Waals surface area contributed by atoms with Crippen molar-refractivity contribution in [1.29, 1.82) is 0 Å². The van der Waals surface area contributed by atoms with Crippen molar-refractivity contribution < 1.29 is 14.3 Å². The molecule has 18 heavy (non-hydrogen) atoms. The number of phenols is 1. The number of rotatable bonds is 5. The van der Waals surface area contributed by atoms with Crippen molar-refractivity contribution in [2.75, 3.05) is 0 Å². The van der Waals surface area contributed by atoms with Crippen molar-refractivity contribution in [2.45, 2.75) is 38.6 Å². The second kappa shape index (κ2) is 5.38. The highest BCUT2D eigenvalue weighted by atomic mass is 19.1. The average Bonchev–Trinajstić information content (AvgIpc) is 3.15. The average molecular weight is 251 g/mol. The minimum atomic E-state index is -0.520. The smallest absolute Gasteiger partial charge is 0.255 e. The molecule has 1 amide bonds. The molecule has 1 aliphatic rings. The number of phenolic OH excluding ortho intramolecular Hbond substituents is 1. The van der Waals surface area contributed by atoms with E-state index in [1.54, 1.807) is 0 Å². The molecule has 1 saturated carbocycles. The van der Waals surface area contributed by atoms with Crippen LogP contribution in [0.1, 0.15) is 43.0 Å². The van der Waals surface area contributed by atoms with Crippen LogP contribution in [0.4, 0.5) is 4.39 Å². The van der Waals surface area contributed by atoms with Crippen LogP contribution in [0, 0.1) is 11.7 Å². The summed E-state index contributed by atoms with van der Waals surface area (Å²) in [7, 11) is 0. The first-order valence-corrected chi connectivity index (χ1v) is 6.39. The molecular weight excluding hydrogens is 233 g/mol. The van der Waals surface area contributed by atoms with E-state index in [0.29, 0.717) is 0 Å². The minimum Gasteiger partial charge on any atom is -0.507 e. The number of hydrogen-bond acceptors (Lipinski definition) is 2. The number of carbonyl (C=O) groups excluding carboxylic acids is 1. The third-order valence-corrected chi connectivity index (χ3v) is 3.35. The number of aromatic hydroxyl groups is 1. The van der Waals surface area contributed by atoms with Crippen molar-refractivity contribution in [1.82, 2.24) is 5.32 Å². The molecular formula is C14H18FNO2. The van der Waals surface area contributed by atoms with Gasteiger partial charge in [0.05, 0.1) is 5.56 Å². The van der Waals surface area contributed by atoms with Crippen LogP contribution in [0.25, 0.3) is 0 Å². The predicted octanol–water partition coefficient (Wildman–Crippen LogP) is 2.84. The van der Waals surface area contributed by atoms with Crippen molar-refractivity contribution in [3.8, 4) is 5.75 Å². The summed E-state index contributed by atoms with van der Waals surface area (Å²) in [5, 5.41) is 12.4. The van der Waals surface area contributed by atoms with Crippen LogP contribution >= 0.6 is 0 Å². The first-order chi connectivity index (χ1) is 8.60. The van der Waals surface area contributed by atoms with Crippen molar-refractivity contribution in [2.24, 2.45) is 5.92 Å². The van der Waals surface area contributed by atoms with E-state index in [1.807, 2.05) is 6.92 Å². The van der Waals surface area contributed by atoms with Gasteiger partial charge in [0.2, 0.25) is 0 Å². The summed E-state index contributed by atoms with van der Waals surface area (Å²) in [5.41, 5.74) is 0.00393. The van der Waals surface area contributed by atoms with Crippen molar-refractivity contribution in [3.63, 3.8) is 0 Å². The molecule has 98 valence electrons. The van der Waals surface area contributed by atoms with Crippen molar-refractivity contribution in [3.05, 3.63) is 29.6 Å². The van der Waals surface area contributed by atoms with Gasteiger partial charge < -0.3 is 10.4 Å². The Morgan fingerprint density at radius 2 is 2.28 bits per heavy atom. The Bertz CT molecular complexity index is 443. The van der Waals surface area contributed by atoms with Gasteiger partial charge in [-0.1, -0.05) is 19.8 Å². The van der Waals surface area contributed by atoms with E-state index in [0.717, 1.165) is 30.9 Å². The second-order valence-electron chi connectivity index (χ2n) is 4.92. The SMILES string of the molecule is CCC(CC1CC1)NC(=O)c1cc(F)ccc1O. The normalized spacial score (nSPS) is 16.3. The monoisotopic (exact) mass is 251 g/mol. The zero-order chi connectivity index (χ0) is 13.1. The maximum atomic E-state index is 13.1. The Kier molecular flexibility index (Phi) is 3.84. The number of nitrogens with one attached hydrogen (secondary N) is 1. The van der Waals surface area contributed by atoms with Crippen LogP contribution < -0.4 is 5.32 Å². The fourth-order valence-electron chi connectivity index (χ4n) is 2.04. The van der Waals surface area contributed by atoms with Crippen LogP contribution in [-0.4, -0.2) is 17.1 Å². The molecule has 1 aromatic carbocycles. The summed E-state index contributed by atoms with van der Waals surface area (Å²) in [6, 6.07) is 3.50. The van der Waals surface area contributed by atoms with E-state index in [4.69, 9.17) is 0 Å². The number of carbonyl (C=O) groups is 1. The van der Waals surface area contributed by atoms with E-state index in [1.165, 1.54) is 18.9 Å². The molecule has 3 nitrogen and oxygen atoms in total. The van der Waals surface area contributed by atoms with E-state index in [-0.39, 0.29) is 17.4 Å². The molecule has 1 unspecified atom stereocenters. The van der Waals surface area contributed by atoms with Gasteiger partial charge in [0.1, 0.15) is 11.6 Å². The molecule has 2 rings (SSSR count). The highest BCUT2D eigenvalue weighted by molar-refractivity contribution is 5.96. The van der Waals surface area contributed by atoms with Gasteiger partial charge in [-0.2, -0.15) is 0 Å². The molecule has 1 aliphatic carbocycles. The molecule has 1 fully saturated rings. The first-order valence-electron chi connectivity index (χ1n) is 6.39. The molecule has 0 radical (unpaired) electrons.